The highest BCUT2D eigenvalue weighted by Gasteiger charge is 2.32. The van der Waals surface area contributed by atoms with Gasteiger partial charge in [-0.15, -0.1) is 0 Å². The van der Waals surface area contributed by atoms with E-state index in [1.54, 1.807) is 24.3 Å². The molecule has 4 nitrogen and oxygen atoms in total. The second kappa shape index (κ2) is 4.83. The molecule has 2 aromatic carbocycles. The van der Waals surface area contributed by atoms with Crippen molar-refractivity contribution in [3.63, 3.8) is 0 Å². The predicted octanol–water partition coefficient (Wildman–Crippen LogP) is 2.45. The smallest absolute Gasteiger partial charge is 0.268 e. The lowest BCUT2D eigenvalue weighted by atomic mass is 10.2. The third-order valence-corrected chi connectivity index (χ3v) is 5.33. The Morgan fingerprint density at radius 2 is 1.75 bits per heavy atom. The van der Waals surface area contributed by atoms with Gasteiger partial charge in [-0.3, -0.25) is 4.31 Å². The van der Waals surface area contributed by atoms with Crippen molar-refractivity contribution in [2.24, 2.45) is 0 Å². The number of fused-ring (bicyclic) bond motifs is 1. The summed E-state index contributed by atoms with van der Waals surface area (Å²) in [5.41, 5.74) is 1.82. The Bertz CT molecular complexity index is 740. The second-order valence-corrected chi connectivity index (χ2v) is 6.44. The molecule has 0 atom stereocenters. The maximum Gasteiger partial charge on any atom is 0.268 e. The number of hydrogen-bond acceptors (Lipinski definition) is 3. The molecule has 3 rings (SSSR count). The average molecular weight is 289 g/mol. The number of ether oxygens (including phenoxy) is 1. The zero-order chi connectivity index (χ0) is 14.2. The zero-order valence-corrected chi connectivity index (χ0v) is 11.9. The summed E-state index contributed by atoms with van der Waals surface area (Å²) >= 11 is 0. The maximum atomic E-state index is 12.8. The molecule has 2 aromatic rings. The summed E-state index contributed by atoms with van der Waals surface area (Å²) in [6.45, 7) is 0.472. The number of hydrogen-bond donors (Lipinski definition) is 0. The number of para-hydroxylation sites is 2. The van der Waals surface area contributed by atoms with Crippen molar-refractivity contribution in [2.45, 2.75) is 11.3 Å². The van der Waals surface area contributed by atoms with Crippen LogP contribution in [0.25, 0.3) is 0 Å². The van der Waals surface area contributed by atoms with E-state index < -0.39 is 10.0 Å². The van der Waals surface area contributed by atoms with Crippen molar-refractivity contribution in [3.8, 4) is 5.75 Å². The first-order valence-corrected chi connectivity index (χ1v) is 7.82. The van der Waals surface area contributed by atoms with Crippen LogP contribution in [0.15, 0.2) is 53.4 Å². The molecule has 0 bridgehead atoms. The number of benzene rings is 2. The summed E-state index contributed by atoms with van der Waals surface area (Å²) in [7, 11) is -2.11. The van der Waals surface area contributed by atoms with Gasteiger partial charge in [0, 0.05) is 6.54 Å². The minimum atomic E-state index is -3.59. The van der Waals surface area contributed by atoms with Gasteiger partial charge in [0.15, 0.2) is 0 Å². The Morgan fingerprint density at radius 3 is 2.55 bits per heavy atom. The SMILES string of the molecule is COc1ccccc1S(=O)(=O)N1CCc2ccccc21. The average Bonchev–Trinajstić information content (AvgIpc) is 2.92. The minimum absolute atomic E-state index is 0.208. The van der Waals surface area contributed by atoms with E-state index in [1.165, 1.54) is 11.4 Å². The first kappa shape index (κ1) is 13.0. The molecule has 5 heteroatoms. The van der Waals surface area contributed by atoms with Gasteiger partial charge >= 0.3 is 0 Å². The highest BCUT2D eigenvalue weighted by molar-refractivity contribution is 7.93. The molecule has 20 heavy (non-hydrogen) atoms. The first-order valence-electron chi connectivity index (χ1n) is 6.38. The van der Waals surface area contributed by atoms with Gasteiger partial charge in [0.25, 0.3) is 10.0 Å². The molecule has 0 radical (unpaired) electrons. The Hall–Kier alpha value is -2.01. The molecule has 1 aliphatic rings. The van der Waals surface area contributed by atoms with Crippen LogP contribution in [-0.2, 0) is 16.4 Å². The van der Waals surface area contributed by atoms with Crippen LogP contribution in [0, 0.1) is 0 Å². The molecule has 0 saturated carbocycles. The van der Waals surface area contributed by atoms with Crippen LogP contribution in [0.4, 0.5) is 5.69 Å². The van der Waals surface area contributed by atoms with Crippen molar-refractivity contribution in [1.29, 1.82) is 0 Å². The summed E-state index contributed by atoms with van der Waals surface area (Å²) in [6, 6.07) is 14.3. The van der Waals surface area contributed by atoms with E-state index in [-0.39, 0.29) is 4.90 Å². The standard InChI is InChI=1S/C15H15NO3S/c1-19-14-8-4-5-9-15(14)20(17,18)16-11-10-12-6-2-3-7-13(12)16/h2-9H,10-11H2,1H3. The van der Waals surface area contributed by atoms with Crippen molar-refractivity contribution in [1.82, 2.24) is 0 Å². The lowest BCUT2D eigenvalue weighted by molar-refractivity contribution is 0.402. The van der Waals surface area contributed by atoms with Crippen LogP contribution in [0.3, 0.4) is 0 Å². The van der Waals surface area contributed by atoms with E-state index in [9.17, 15) is 8.42 Å². The first-order chi connectivity index (χ1) is 9.64. The summed E-state index contributed by atoms with van der Waals surface area (Å²) in [6.07, 6.45) is 0.741. The van der Waals surface area contributed by atoms with Gasteiger partial charge < -0.3 is 4.74 Å². The van der Waals surface area contributed by atoms with Gasteiger partial charge in [0.1, 0.15) is 10.6 Å². The van der Waals surface area contributed by atoms with E-state index in [4.69, 9.17) is 4.74 Å². The molecule has 0 amide bonds. The van der Waals surface area contributed by atoms with Crippen LogP contribution < -0.4 is 9.04 Å². The topological polar surface area (TPSA) is 46.6 Å². The molecule has 0 aromatic heterocycles. The predicted molar refractivity (Wildman–Crippen MR) is 77.7 cm³/mol. The van der Waals surface area contributed by atoms with Crippen molar-refractivity contribution < 1.29 is 13.2 Å². The van der Waals surface area contributed by atoms with Crippen molar-refractivity contribution >= 4 is 15.7 Å². The number of nitrogens with zero attached hydrogens (tertiary/aromatic N) is 1. The number of methoxy groups -OCH3 is 1. The fourth-order valence-corrected chi connectivity index (χ4v) is 4.17. The number of sulfonamides is 1. The largest absolute Gasteiger partial charge is 0.495 e. The minimum Gasteiger partial charge on any atom is -0.495 e. The number of rotatable bonds is 3. The van der Waals surface area contributed by atoms with Crippen LogP contribution in [0.2, 0.25) is 0 Å². The van der Waals surface area contributed by atoms with E-state index in [0.29, 0.717) is 12.3 Å². The van der Waals surface area contributed by atoms with Crippen LogP contribution in [0.5, 0.6) is 5.75 Å². The van der Waals surface area contributed by atoms with Gasteiger partial charge in [-0.1, -0.05) is 30.3 Å². The lowest BCUT2D eigenvalue weighted by Crippen LogP contribution is -2.29. The zero-order valence-electron chi connectivity index (χ0n) is 11.1. The molecule has 0 unspecified atom stereocenters. The second-order valence-electron chi connectivity index (χ2n) is 4.61. The third-order valence-electron chi connectivity index (χ3n) is 3.48. The van der Waals surface area contributed by atoms with E-state index in [1.807, 2.05) is 24.3 Å². The van der Waals surface area contributed by atoms with Crippen molar-refractivity contribution in [3.05, 3.63) is 54.1 Å². The normalized spacial score (nSPS) is 14.2. The molecule has 1 heterocycles. The molecule has 0 spiro atoms. The Morgan fingerprint density at radius 1 is 1.05 bits per heavy atom. The van der Waals surface area contributed by atoms with Crippen LogP contribution in [-0.4, -0.2) is 22.1 Å². The van der Waals surface area contributed by atoms with Gasteiger partial charge in [-0.2, -0.15) is 0 Å². The summed E-state index contributed by atoms with van der Waals surface area (Å²) in [4.78, 5) is 0.208. The molecular weight excluding hydrogens is 274 g/mol. The summed E-state index contributed by atoms with van der Waals surface area (Å²) in [5, 5.41) is 0. The van der Waals surface area contributed by atoms with Crippen LogP contribution >= 0.6 is 0 Å². The highest BCUT2D eigenvalue weighted by Crippen LogP contribution is 2.35. The van der Waals surface area contributed by atoms with Gasteiger partial charge in [0.05, 0.1) is 12.8 Å². The summed E-state index contributed by atoms with van der Waals surface area (Å²) < 4.78 is 32.3. The van der Waals surface area contributed by atoms with E-state index in [0.717, 1.165) is 17.7 Å². The van der Waals surface area contributed by atoms with Crippen molar-refractivity contribution in [2.75, 3.05) is 18.0 Å². The molecule has 104 valence electrons. The highest BCUT2D eigenvalue weighted by atomic mass is 32.2. The number of anilines is 1. The monoisotopic (exact) mass is 289 g/mol. The molecule has 0 saturated heterocycles. The molecule has 0 fully saturated rings. The fraction of sp³-hybridized carbons (Fsp3) is 0.200. The molecule has 0 aliphatic carbocycles. The van der Waals surface area contributed by atoms with Gasteiger partial charge in [0.2, 0.25) is 0 Å². The third kappa shape index (κ3) is 1.94. The Kier molecular flexibility index (Phi) is 3.14. The van der Waals surface area contributed by atoms with Gasteiger partial charge in [-0.05, 0) is 30.2 Å². The van der Waals surface area contributed by atoms with Gasteiger partial charge in [-0.25, -0.2) is 8.42 Å². The Balaban J connectivity index is 2.10. The summed E-state index contributed by atoms with van der Waals surface area (Å²) in [5.74, 6) is 0.372. The van der Waals surface area contributed by atoms with E-state index >= 15 is 0 Å². The molecule has 1 aliphatic heterocycles. The molecular formula is C15H15NO3S. The Labute approximate surface area is 118 Å². The van der Waals surface area contributed by atoms with E-state index in [2.05, 4.69) is 0 Å². The van der Waals surface area contributed by atoms with Crippen LogP contribution in [0.1, 0.15) is 5.56 Å². The fourth-order valence-electron chi connectivity index (χ4n) is 2.51. The lowest BCUT2D eigenvalue weighted by Gasteiger charge is -2.20. The maximum absolute atomic E-state index is 12.8. The quantitative estimate of drug-likeness (QED) is 0.872. The molecule has 0 N–H and O–H groups in total.